The topological polar surface area (TPSA) is 119 Å². The smallest absolute Gasteiger partial charge is 0.335 e. The van der Waals surface area contributed by atoms with Crippen LogP contribution in [-0.4, -0.2) is 22.8 Å². The number of ether oxygens (including phenoxy) is 1. The van der Waals surface area contributed by atoms with Gasteiger partial charge in [-0.3, -0.25) is 25.0 Å². The van der Waals surface area contributed by atoms with Crippen molar-refractivity contribution in [3.8, 4) is 5.75 Å². The standard InChI is InChI=1S/C24H14Cl2FN3O6/c25-19-10-14(11-20(26)21(19)36-12-13-1-5-17(6-2-13)30(34)35)9-18-22(31)28-24(33)29(23(18)32)16-7-3-15(27)4-8-16/h1-11H,12H2,(H,28,31,33)/b18-9+. The van der Waals surface area contributed by atoms with E-state index in [1.807, 2.05) is 0 Å². The molecule has 182 valence electrons. The molecule has 3 aromatic rings. The third-order valence-electron chi connectivity index (χ3n) is 5.05. The zero-order valence-corrected chi connectivity index (χ0v) is 19.5. The first-order valence-corrected chi connectivity index (χ1v) is 10.9. The number of anilines is 1. The quantitative estimate of drug-likeness (QED) is 0.200. The minimum Gasteiger partial charge on any atom is -0.486 e. The summed E-state index contributed by atoms with van der Waals surface area (Å²) in [5.74, 6) is -2.27. The normalized spacial score (nSPS) is 14.7. The zero-order chi connectivity index (χ0) is 26.0. The fourth-order valence-electron chi connectivity index (χ4n) is 3.32. The summed E-state index contributed by atoms with van der Waals surface area (Å²) in [4.78, 5) is 48.5. The molecule has 1 aliphatic heterocycles. The highest BCUT2D eigenvalue weighted by Gasteiger charge is 2.36. The molecule has 0 radical (unpaired) electrons. The molecule has 1 aliphatic rings. The molecule has 1 heterocycles. The first-order valence-electron chi connectivity index (χ1n) is 10.2. The van der Waals surface area contributed by atoms with E-state index >= 15 is 0 Å². The second-order valence-electron chi connectivity index (χ2n) is 7.46. The maximum absolute atomic E-state index is 13.2. The fraction of sp³-hybridized carbons (Fsp3) is 0.0417. The number of hydrogen-bond acceptors (Lipinski definition) is 6. The van der Waals surface area contributed by atoms with E-state index < -0.39 is 28.6 Å². The largest absolute Gasteiger partial charge is 0.486 e. The molecule has 1 N–H and O–H groups in total. The van der Waals surface area contributed by atoms with Gasteiger partial charge in [-0.25, -0.2) is 14.1 Å². The molecule has 0 unspecified atom stereocenters. The first kappa shape index (κ1) is 24.8. The van der Waals surface area contributed by atoms with E-state index in [9.17, 15) is 28.9 Å². The Labute approximate surface area is 212 Å². The molecule has 4 amide bonds. The molecule has 9 nitrogen and oxygen atoms in total. The van der Waals surface area contributed by atoms with Crippen molar-refractivity contribution in [3.63, 3.8) is 0 Å². The van der Waals surface area contributed by atoms with Crippen LogP contribution in [0.4, 0.5) is 20.6 Å². The number of rotatable bonds is 6. The number of carbonyl (C=O) groups excluding carboxylic acids is 3. The Kier molecular flexibility index (Phi) is 7.00. The third kappa shape index (κ3) is 5.19. The van der Waals surface area contributed by atoms with Crippen LogP contribution < -0.4 is 15.0 Å². The molecule has 4 rings (SSSR count). The maximum Gasteiger partial charge on any atom is 0.335 e. The molecule has 0 atom stereocenters. The Morgan fingerprint density at radius 3 is 2.19 bits per heavy atom. The number of hydrogen-bond donors (Lipinski definition) is 1. The van der Waals surface area contributed by atoms with Crippen molar-refractivity contribution in [2.24, 2.45) is 0 Å². The van der Waals surface area contributed by atoms with Crippen LogP contribution in [0.1, 0.15) is 11.1 Å². The highest BCUT2D eigenvalue weighted by molar-refractivity contribution is 6.40. The molecule has 36 heavy (non-hydrogen) atoms. The number of halogens is 3. The van der Waals surface area contributed by atoms with Gasteiger partial charge in [0, 0.05) is 12.1 Å². The van der Waals surface area contributed by atoms with Gasteiger partial charge in [-0.05, 0) is 65.7 Å². The molecule has 1 fully saturated rings. The molecule has 0 aliphatic carbocycles. The van der Waals surface area contributed by atoms with Crippen molar-refractivity contribution in [2.45, 2.75) is 6.61 Å². The summed E-state index contributed by atoms with van der Waals surface area (Å²) in [5, 5.41) is 13.0. The second kappa shape index (κ2) is 10.1. The lowest BCUT2D eigenvalue weighted by Gasteiger charge is -2.26. The zero-order valence-electron chi connectivity index (χ0n) is 18.0. The van der Waals surface area contributed by atoms with Gasteiger partial charge in [-0.2, -0.15) is 0 Å². The lowest BCUT2D eigenvalue weighted by Crippen LogP contribution is -2.54. The predicted molar refractivity (Wildman–Crippen MR) is 129 cm³/mol. The molecule has 0 aromatic heterocycles. The number of nitrogens with zero attached hydrogens (tertiary/aromatic N) is 2. The summed E-state index contributed by atoms with van der Waals surface area (Å²) in [7, 11) is 0. The third-order valence-corrected chi connectivity index (χ3v) is 5.61. The van der Waals surface area contributed by atoms with Gasteiger partial charge in [0.25, 0.3) is 17.5 Å². The minimum atomic E-state index is -0.972. The number of imide groups is 2. The number of nitro groups is 1. The summed E-state index contributed by atoms with van der Waals surface area (Å²) in [6, 6.07) is 12.2. The number of nitro benzene ring substituents is 1. The Hall–Kier alpha value is -4.28. The van der Waals surface area contributed by atoms with Gasteiger partial charge in [-0.1, -0.05) is 23.2 Å². The van der Waals surface area contributed by atoms with Gasteiger partial charge in [0.2, 0.25) is 0 Å². The Morgan fingerprint density at radius 2 is 1.61 bits per heavy atom. The van der Waals surface area contributed by atoms with Crippen molar-refractivity contribution in [1.29, 1.82) is 0 Å². The first-order chi connectivity index (χ1) is 17.1. The lowest BCUT2D eigenvalue weighted by atomic mass is 10.1. The van der Waals surface area contributed by atoms with Crippen molar-refractivity contribution >= 4 is 58.5 Å². The SMILES string of the molecule is O=C1NC(=O)N(c2ccc(F)cc2)C(=O)/C1=C/c1cc(Cl)c(OCc2ccc([N+](=O)[O-])cc2)c(Cl)c1. The van der Waals surface area contributed by atoms with Gasteiger partial charge >= 0.3 is 6.03 Å². The number of urea groups is 1. The number of nitrogens with one attached hydrogen (secondary N) is 1. The van der Waals surface area contributed by atoms with Crippen LogP contribution in [0.5, 0.6) is 5.75 Å². The number of non-ortho nitro benzene ring substituents is 1. The molecule has 1 saturated heterocycles. The second-order valence-corrected chi connectivity index (χ2v) is 8.27. The summed E-state index contributed by atoms with van der Waals surface area (Å²) in [5.41, 5.74) is 0.552. The fourth-order valence-corrected chi connectivity index (χ4v) is 3.93. The van der Waals surface area contributed by atoms with Gasteiger partial charge < -0.3 is 4.74 Å². The van der Waals surface area contributed by atoms with Crippen LogP contribution >= 0.6 is 23.2 Å². The van der Waals surface area contributed by atoms with Crippen LogP contribution in [0, 0.1) is 15.9 Å². The lowest BCUT2D eigenvalue weighted by molar-refractivity contribution is -0.384. The number of barbiturate groups is 1. The summed E-state index contributed by atoms with van der Waals surface area (Å²) >= 11 is 12.6. The maximum atomic E-state index is 13.2. The summed E-state index contributed by atoms with van der Waals surface area (Å²) in [6.07, 6.45) is 1.21. The van der Waals surface area contributed by atoms with Gasteiger partial charge in [0.05, 0.1) is 20.7 Å². The van der Waals surface area contributed by atoms with Crippen LogP contribution in [0.3, 0.4) is 0 Å². The van der Waals surface area contributed by atoms with Crippen LogP contribution in [0.2, 0.25) is 10.0 Å². The van der Waals surface area contributed by atoms with E-state index in [1.165, 1.54) is 54.6 Å². The van der Waals surface area contributed by atoms with Gasteiger partial charge in [0.15, 0.2) is 5.75 Å². The molecular formula is C24H14Cl2FN3O6. The highest BCUT2D eigenvalue weighted by atomic mass is 35.5. The Balaban J connectivity index is 1.57. The van der Waals surface area contributed by atoms with E-state index in [0.29, 0.717) is 10.5 Å². The Morgan fingerprint density at radius 1 is 1.00 bits per heavy atom. The Bertz CT molecular complexity index is 1400. The molecule has 0 spiro atoms. The van der Waals surface area contributed by atoms with Crippen molar-refractivity contribution in [1.82, 2.24) is 5.32 Å². The average molecular weight is 530 g/mol. The van der Waals surface area contributed by atoms with E-state index in [4.69, 9.17) is 27.9 Å². The van der Waals surface area contributed by atoms with Crippen LogP contribution in [0.15, 0.2) is 66.2 Å². The van der Waals surface area contributed by atoms with E-state index in [1.54, 1.807) is 0 Å². The van der Waals surface area contributed by atoms with Crippen LogP contribution in [0.25, 0.3) is 6.08 Å². The average Bonchev–Trinajstić information content (AvgIpc) is 2.82. The number of benzene rings is 3. The summed E-state index contributed by atoms with van der Waals surface area (Å²) in [6.45, 7) is 0.0213. The highest BCUT2D eigenvalue weighted by Crippen LogP contribution is 2.36. The minimum absolute atomic E-state index is 0.0213. The molecule has 3 aromatic carbocycles. The molecule has 0 bridgehead atoms. The predicted octanol–water partition coefficient (Wildman–Crippen LogP) is 5.29. The molecule has 0 saturated carbocycles. The summed E-state index contributed by atoms with van der Waals surface area (Å²) < 4.78 is 18.9. The van der Waals surface area contributed by atoms with Crippen molar-refractivity contribution < 1.29 is 28.4 Å². The van der Waals surface area contributed by atoms with Gasteiger partial charge in [-0.15, -0.1) is 0 Å². The van der Waals surface area contributed by atoms with E-state index in [-0.39, 0.29) is 44.9 Å². The number of amides is 4. The number of carbonyl (C=O) groups is 3. The van der Waals surface area contributed by atoms with Gasteiger partial charge in [0.1, 0.15) is 18.0 Å². The van der Waals surface area contributed by atoms with Crippen LogP contribution in [-0.2, 0) is 16.2 Å². The van der Waals surface area contributed by atoms with E-state index in [2.05, 4.69) is 5.32 Å². The van der Waals surface area contributed by atoms with Crippen molar-refractivity contribution in [2.75, 3.05) is 4.90 Å². The van der Waals surface area contributed by atoms with Crippen molar-refractivity contribution in [3.05, 3.63) is 103 Å². The molecular weight excluding hydrogens is 516 g/mol. The monoisotopic (exact) mass is 529 g/mol. The van der Waals surface area contributed by atoms with E-state index in [0.717, 1.165) is 12.1 Å². The molecule has 12 heteroatoms.